The van der Waals surface area contributed by atoms with Crippen LogP contribution < -0.4 is 5.32 Å². The topological polar surface area (TPSA) is 76.2 Å². The number of piperidine rings is 1. The second-order valence-corrected chi connectivity index (χ2v) is 6.43. The van der Waals surface area contributed by atoms with Crippen molar-refractivity contribution in [3.05, 3.63) is 29.8 Å². The number of likely N-dealkylation sites (tertiary alicyclic amines) is 1. The highest BCUT2D eigenvalue weighted by atomic mass is 16.5. The molecule has 1 saturated heterocycles. The first-order valence-electron chi connectivity index (χ1n) is 8.57. The second-order valence-electron chi connectivity index (χ2n) is 6.43. The van der Waals surface area contributed by atoms with Crippen molar-refractivity contribution in [2.24, 2.45) is 0 Å². The summed E-state index contributed by atoms with van der Waals surface area (Å²) in [5.74, 6) is 1.66. The van der Waals surface area contributed by atoms with Gasteiger partial charge in [-0.2, -0.15) is 5.10 Å². The van der Waals surface area contributed by atoms with Crippen LogP contribution in [0, 0.1) is 6.92 Å². The summed E-state index contributed by atoms with van der Waals surface area (Å²) < 4.78 is 6.95. The Kier molecular flexibility index (Phi) is 4.99. The summed E-state index contributed by atoms with van der Waals surface area (Å²) in [7, 11) is 0. The van der Waals surface area contributed by atoms with Gasteiger partial charge in [0.2, 0.25) is 5.91 Å². The number of hydrogen-bond acceptors (Lipinski definition) is 5. The third-order valence-corrected chi connectivity index (χ3v) is 4.78. The van der Waals surface area contributed by atoms with Gasteiger partial charge >= 0.3 is 0 Å². The molecule has 0 unspecified atom stereocenters. The normalized spacial score (nSPS) is 17.8. The highest BCUT2D eigenvalue weighted by molar-refractivity contribution is 5.93. The van der Waals surface area contributed by atoms with Gasteiger partial charge in [0.25, 0.3) is 0 Å². The van der Waals surface area contributed by atoms with Crippen molar-refractivity contribution in [3.8, 4) is 0 Å². The lowest BCUT2D eigenvalue weighted by molar-refractivity contribution is -0.121. The number of carbonyl (C=O) groups excluding carboxylic acids is 1. The highest BCUT2D eigenvalue weighted by Crippen LogP contribution is 2.28. The van der Waals surface area contributed by atoms with Crippen LogP contribution in [0.2, 0.25) is 0 Å². The number of amides is 1. The minimum absolute atomic E-state index is 0.0412. The summed E-state index contributed by atoms with van der Waals surface area (Å²) in [4.78, 5) is 14.6. The van der Waals surface area contributed by atoms with Crippen LogP contribution in [0.1, 0.15) is 43.9 Å². The van der Waals surface area contributed by atoms with E-state index in [4.69, 9.17) is 4.52 Å². The smallest absolute Gasteiger partial charge is 0.242 e. The number of rotatable bonds is 5. The molecule has 7 nitrogen and oxygen atoms in total. The Balaban J connectivity index is 1.52. The van der Waals surface area contributed by atoms with Crippen LogP contribution in [0.25, 0.3) is 0 Å². The van der Waals surface area contributed by atoms with Crippen molar-refractivity contribution < 1.29 is 9.32 Å². The molecule has 130 valence electrons. The number of anilines is 1. The summed E-state index contributed by atoms with van der Waals surface area (Å²) in [6.07, 6.45) is 6.22. The molecule has 1 amide bonds. The van der Waals surface area contributed by atoms with E-state index in [1.165, 1.54) is 5.56 Å². The predicted molar refractivity (Wildman–Crippen MR) is 90.8 cm³/mol. The van der Waals surface area contributed by atoms with Crippen molar-refractivity contribution >= 4 is 11.7 Å². The van der Waals surface area contributed by atoms with Gasteiger partial charge < -0.3 is 9.84 Å². The van der Waals surface area contributed by atoms with Crippen molar-refractivity contribution in [3.63, 3.8) is 0 Å². The standard InChI is InChI=1S/C17H25N5O2/c1-4-22-11-15(10-18-22)14-5-7-21(8-6-14)13(3)17(23)19-16-9-12(2)24-20-16/h9-11,13-14H,4-8H2,1-3H3,(H,19,20,23)/t13-/m1/s1. The van der Waals surface area contributed by atoms with Gasteiger partial charge in [-0.05, 0) is 58.2 Å². The van der Waals surface area contributed by atoms with Crippen LogP contribution in [-0.4, -0.2) is 44.9 Å². The molecule has 0 saturated carbocycles. The quantitative estimate of drug-likeness (QED) is 0.910. The zero-order valence-electron chi connectivity index (χ0n) is 14.5. The summed E-state index contributed by atoms with van der Waals surface area (Å²) >= 11 is 0. The first-order valence-corrected chi connectivity index (χ1v) is 8.57. The number of nitrogens with zero attached hydrogens (tertiary/aromatic N) is 4. The molecule has 0 aromatic carbocycles. The van der Waals surface area contributed by atoms with Crippen LogP contribution in [0.15, 0.2) is 23.0 Å². The van der Waals surface area contributed by atoms with Crippen LogP contribution in [0.4, 0.5) is 5.82 Å². The minimum atomic E-state index is -0.179. The molecule has 2 aromatic heterocycles. The molecule has 0 radical (unpaired) electrons. The molecule has 0 bridgehead atoms. The number of aryl methyl sites for hydroxylation is 2. The molecule has 7 heteroatoms. The van der Waals surface area contributed by atoms with Crippen LogP contribution >= 0.6 is 0 Å². The van der Waals surface area contributed by atoms with Crippen LogP contribution in [0.5, 0.6) is 0 Å². The molecule has 1 N–H and O–H groups in total. The van der Waals surface area contributed by atoms with Crippen LogP contribution in [0.3, 0.4) is 0 Å². The van der Waals surface area contributed by atoms with Gasteiger partial charge in [-0.3, -0.25) is 14.4 Å². The van der Waals surface area contributed by atoms with Crippen molar-refractivity contribution in [2.45, 2.75) is 52.1 Å². The van der Waals surface area contributed by atoms with E-state index in [-0.39, 0.29) is 11.9 Å². The minimum Gasteiger partial charge on any atom is -0.360 e. The third-order valence-electron chi connectivity index (χ3n) is 4.78. The Hall–Kier alpha value is -2.15. The molecule has 1 aliphatic heterocycles. The molecule has 1 fully saturated rings. The van der Waals surface area contributed by atoms with Crippen molar-refractivity contribution in [2.75, 3.05) is 18.4 Å². The van der Waals surface area contributed by atoms with E-state index in [2.05, 4.69) is 33.6 Å². The van der Waals surface area contributed by atoms with Crippen molar-refractivity contribution in [1.29, 1.82) is 0 Å². The van der Waals surface area contributed by atoms with E-state index < -0.39 is 0 Å². The summed E-state index contributed by atoms with van der Waals surface area (Å²) in [5.41, 5.74) is 1.31. The molecule has 0 spiro atoms. The Bertz CT molecular complexity index is 685. The summed E-state index contributed by atoms with van der Waals surface area (Å²) in [6, 6.07) is 1.55. The van der Waals surface area contributed by atoms with E-state index in [1.807, 2.05) is 17.8 Å². The lowest BCUT2D eigenvalue weighted by Crippen LogP contribution is -2.45. The molecule has 2 aromatic rings. The van der Waals surface area contributed by atoms with E-state index in [0.717, 1.165) is 32.5 Å². The lowest BCUT2D eigenvalue weighted by Gasteiger charge is -2.34. The van der Waals surface area contributed by atoms with Gasteiger partial charge in [0.15, 0.2) is 5.82 Å². The van der Waals surface area contributed by atoms with E-state index >= 15 is 0 Å². The molecular formula is C17H25N5O2. The molecule has 0 aliphatic carbocycles. The molecule has 3 rings (SSSR count). The van der Waals surface area contributed by atoms with E-state index in [9.17, 15) is 4.79 Å². The number of carbonyl (C=O) groups is 1. The van der Waals surface area contributed by atoms with Gasteiger partial charge in [-0.1, -0.05) is 5.16 Å². The fourth-order valence-electron chi connectivity index (χ4n) is 3.21. The first kappa shape index (κ1) is 16.7. The highest BCUT2D eigenvalue weighted by Gasteiger charge is 2.28. The molecule has 24 heavy (non-hydrogen) atoms. The molecule has 3 heterocycles. The number of hydrogen-bond donors (Lipinski definition) is 1. The zero-order chi connectivity index (χ0) is 17.1. The maximum Gasteiger partial charge on any atom is 0.242 e. The van der Waals surface area contributed by atoms with Gasteiger partial charge in [-0.15, -0.1) is 0 Å². The largest absolute Gasteiger partial charge is 0.360 e. The number of aromatic nitrogens is 3. The Labute approximate surface area is 142 Å². The maximum absolute atomic E-state index is 12.4. The zero-order valence-corrected chi connectivity index (χ0v) is 14.5. The molecular weight excluding hydrogens is 306 g/mol. The van der Waals surface area contributed by atoms with Gasteiger partial charge in [0.05, 0.1) is 12.2 Å². The first-order chi connectivity index (χ1) is 11.6. The SMILES string of the molecule is CCn1cc(C2CCN([C@H](C)C(=O)Nc3cc(C)on3)CC2)cn1. The average Bonchev–Trinajstić information content (AvgIpc) is 3.23. The molecule has 1 aliphatic rings. The number of nitrogens with one attached hydrogen (secondary N) is 1. The van der Waals surface area contributed by atoms with E-state index in [1.54, 1.807) is 13.0 Å². The monoisotopic (exact) mass is 331 g/mol. The van der Waals surface area contributed by atoms with Crippen LogP contribution in [-0.2, 0) is 11.3 Å². The Morgan fingerprint density at radius 1 is 1.46 bits per heavy atom. The van der Waals surface area contributed by atoms with Gasteiger partial charge in [-0.25, -0.2) is 0 Å². The lowest BCUT2D eigenvalue weighted by atomic mass is 9.91. The van der Waals surface area contributed by atoms with Gasteiger partial charge in [0.1, 0.15) is 5.76 Å². The van der Waals surface area contributed by atoms with Crippen molar-refractivity contribution in [1.82, 2.24) is 19.8 Å². The fraction of sp³-hybridized carbons (Fsp3) is 0.588. The Morgan fingerprint density at radius 2 is 2.21 bits per heavy atom. The molecule has 1 atom stereocenters. The fourth-order valence-corrected chi connectivity index (χ4v) is 3.21. The van der Waals surface area contributed by atoms with Gasteiger partial charge in [0, 0.05) is 18.8 Å². The Morgan fingerprint density at radius 3 is 2.79 bits per heavy atom. The predicted octanol–water partition coefficient (Wildman–Crippen LogP) is 2.41. The summed E-state index contributed by atoms with van der Waals surface area (Å²) in [5, 5.41) is 11.0. The summed E-state index contributed by atoms with van der Waals surface area (Å²) in [6.45, 7) is 8.56. The second kappa shape index (κ2) is 7.17. The van der Waals surface area contributed by atoms with E-state index in [0.29, 0.717) is 17.5 Å². The average molecular weight is 331 g/mol. The third kappa shape index (κ3) is 3.67. The maximum atomic E-state index is 12.4.